The summed E-state index contributed by atoms with van der Waals surface area (Å²) in [5, 5.41) is 6.47. The van der Waals surface area contributed by atoms with Crippen molar-refractivity contribution in [1.82, 2.24) is 4.98 Å². The molecule has 2 aromatic carbocycles. The van der Waals surface area contributed by atoms with Gasteiger partial charge in [0.15, 0.2) is 6.29 Å². The molecule has 166 valence electrons. The first kappa shape index (κ1) is 23.5. The quantitative estimate of drug-likeness (QED) is 0.302. The minimum absolute atomic E-state index is 0.220. The Morgan fingerprint density at radius 2 is 1.91 bits per heavy atom. The Bertz CT molecular complexity index is 1060. The number of pyridine rings is 1. The third-order valence-electron chi connectivity index (χ3n) is 4.29. The van der Waals surface area contributed by atoms with Crippen LogP contribution in [0.3, 0.4) is 0 Å². The molecule has 0 spiro atoms. The minimum Gasteiger partial charge on any atom is -0.491 e. The standard InChI is InChI=1S/C23H21Cl2N3O4/c24-17-4-6-19(20(25)14-17)23(30)28-21-7-5-18(13-16(21)15-29)32-12-11-31-10-9-27-22-3-1-2-8-26-22/h1-8,13-15H,9-12H2,(H,26,27)(H,28,30). The van der Waals surface area contributed by atoms with E-state index in [1.54, 1.807) is 30.5 Å². The molecule has 2 N–H and O–H groups in total. The molecule has 3 aromatic rings. The van der Waals surface area contributed by atoms with Gasteiger partial charge in [0.1, 0.15) is 18.2 Å². The van der Waals surface area contributed by atoms with E-state index in [9.17, 15) is 9.59 Å². The molecule has 0 saturated heterocycles. The Morgan fingerprint density at radius 3 is 2.66 bits per heavy atom. The lowest BCUT2D eigenvalue weighted by Gasteiger charge is -2.12. The molecule has 0 aliphatic carbocycles. The highest BCUT2D eigenvalue weighted by molar-refractivity contribution is 6.37. The topological polar surface area (TPSA) is 89.6 Å². The van der Waals surface area contributed by atoms with Crippen molar-refractivity contribution in [2.75, 3.05) is 37.0 Å². The highest BCUT2D eigenvalue weighted by Crippen LogP contribution is 2.25. The highest BCUT2D eigenvalue weighted by atomic mass is 35.5. The van der Waals surface area contributed by atoms with Crippen molar-refractivity contribution in [3.8, 4) is 5.75 Å². The maximum Gasteiger partial charge on any atom is 0.257 e. The first-order valence-electron chi connectivity index (χ1n) is 9.78. The van der Waals surface area contributed by atoms with Gasteiger partial charge in [-0.05, 0) is 48.5 Å². The molecule has 0 aliphatic rings. The molecular formula is C23H21Cl2N3O4. The van der Waals surface area contributed by atoms with Crippen LogP contribution in [0.2, 0.25) is 10.0 Å². The molecule has 0 saturated carbocycles. The van der Waals surface area contributed by atoms with E-state index in [0.717, 1.165) is 5.82 Å². The second kappa shape index (κ2) is 12.0. The predicted molar refractivity (Wildman–Crippen MR) is 125 cm³/mol. The third-order valence-corrected chi connectivity index (χ3v) is 4.84. The summed E-state index contributed by atoms with van der Waals surface area (Å²) in [6, 6.07) is 15.0. The maximum absolute atomic E-state index is 12.5. The molecule has 0 aliphatic heterocycles. The molecular weight excluding hydrogens is 453 g/mol. The summed E-state index contributed by atoms with van der Waals surface area (Å²) < 4.78 is 11.1. The fourth-order valence-corrected chi connectivity index (χ4v) is 3.24. The van der Waals surface area contributed by atoms with Crippen molar-refractivity contribution >= 4 is 46.9 Å². The van der Waals surface area contributed by atoms with Crippen LogP contribution in [0.15, 0.2) is 60.8 Å². The van der Waals surface area contributed by atoms with Gasteiger partial charge >= 0.3 is 0 Å². The average molecular weight is 474 g/mol. The Balaban J connectivity index is 1.45. The summed E-state index contributed by atoms with van der Waals surface area (Å²) in [7, 11) is 0. The summed E-state index contributed by atoms with van der Waals surface area (Å²) in [6.07, 6.45) is 2.36. The Morgan fingerprint density at radius 1 is 1.03 bits per heavy atom. The van der Waals surface area contributed by atoms with Gasteiger partial charge in [0, 0.05) is 23.3 Å². The van der Waals surface area contributed by atoms with Gasteiger partial charge in [-0.2, -0.15) is 0 Å². The van der Waals surface area contributed by atoms with Crippen LogP contribution >= 0.6 is 23.2 Å². The summed E-state index contributed by atoms with van der Waals surface area (Å²) in [6.45, 7) is 1.82. The molecule has 9 heteroatoms. The van der Waals surface area contributed by atoms with Crippen LogP contribution in [0, 0.1) is 0 Å². The van der Waals surface area contributed by atoms with E-state index in [-0.39, 0.29) is 16.1 Å². The molecule has 0 unspecified atom stereocenters. The molecule has 1 amide bonds. The second-order valence-electron chi connectivity index (χ2n) is 6.55. The van der Waals surface area contributed by atoms with Crippen molar-refractivity contribution in [3.05, 3.63) is 82.0 Å². The highest BCUT2D eigenvalue weighted by Gasteiger charge is 2.13. The number of hydrogen-bond acceptors (Lipinski definition) is 6. The van der Waals surface area contributed by atoms with Crippen LogP contribution in [0.4, 0.5) is 11.5 Å². The Hall–Kier alpha value is -3.13. The van der Waals surface area contributed by atoms with Gasteiger partial charge in [-0.1, -0.05) is 29.3 Å². The summed E-state index contributed by atoms with van der Waals surface area (Å²) in [5.74, 6) is 0.834. The summed E-state index contributed by atoms with van der Waals surface area (Å²) >= 11 is 11.9. The van der Waals surface area contributed by atoms with E-state index in [2.05, 4.69) is 15.6 Å². The first-order valence-corrected chi connectivity index (χ1v) is 10.5. The molecule has 7 nitrogen and oxygen atoms in total. The molecule has 0 radical (unpaired) electrons. The van der Waals surface area contributed by atoms with Crippen molar-refractivity contribution in [2.24, 2.45) is 0 Å². The second-order valence-corrected chi connectivity index (χ2v) is 7.39. The summed E-state index contributed by atoms with van der Waals surface area (Å²) in [4.78, 5) is 28.1. The Kier molecular flexibility index (Phi) is 8.86. The molecule has 0 fully saturated rings. The zero-order chi connectivity index (χ0) is 22.8. The van der Waals surface area contributed by atoms with Crippen LogP contribution in [-0.2, 0) is 4.74 Å². The van der Waals surface area contributed by atoms with Crippen LogP contribution in [0.5, 0.6) is 5.75 Å². The van der Waals surface area contributed by atoms with Gasteiger partial charge in [-0.3, -0.25) is 9.59 Å². The largest absolute Gasteiger partial charge is 0.491 e. The van der Waals surface area contributed by atoms with E-state index < -0.39 is 5.91 Å². The van der Waals surface area contributed by atoms with Crippen molar-refractivity contribution in [1.29, 1.82) is 0 Å². The van der Waals surface area contributed by atoms with E-state index >= 15 is 0 Å². The number of carbonyl (C=O) groups is 2. The number of nitrogens with one attached hydrogen (secondary N) is 2. The fourth-order valence-electron chi connectivity index (χ4n) is 2.74. The zero-order valence-corrected chi connectivity index (χ0v) is 18.5. The van der Waals surface area contributed by atoms with Crippen molar-refractivity contribution in [3.63, 3.8) is 0 Å². The van der Waals surface area contributed by atoms with E-state index in [0.29, 0.717) is 49.1 Å². The van der Waals surface area contributed by atoms with Crippen LogP contribution in [0.1, 0.15) is 20.7 Å². The normalized spacial score (nSPS) is 10.4. The number of aldehydes is 1. The van der Waals surface area contributed by atoms with Gasteiger partial charge in [0.25, 0.3) is 5.91 Å². The molecule has 3 rings (SSSR count). The monoisotopic (exact) mass is 473 g/mol. The molecule has 0 bridgehead atoms. The number of ether oxygens (including phenoxy) is 2. The first-order chi connectivity index (χ1) is 15.6. The number of carbonyl (C=O) groups excluding carboxylic acids is 2. The Labute approximate surface area is 195 Å². The molecule has 1 heterocycles. The van der Waals surface area contributed by atoms with Gasteiger partial charge in [-0.25, -0.2) is 4.98 Å². The lowest BCUT2D eigenvalue weighted by atomic mass is 10.1. The molecule has 1 aromatic heterocycles. The van der Waals surface area contributed by atoms with Gasteiger partial charge in [0.2, 0.25) is 0 Å². The zero-order valence-electron chi connectivity index (χ0n) is 17.0. The van der Waals surface area contributed by atoms with Crippen molar-refractivity contribution in [2.45, 2.75) is 0 Å². The third kappa shape index (κ3) is 6.95. The molecule has 0 atom stereocenters. The van der Waals surface area contributed by atoms with Crippen LogP contribution in [0.25, 0.3) is 0 Å². The maximum atomic E-state index is 12.5. The van der Waals surface area contributed by atoms with Crippen molar-refractivity contribution < 1.29 is 19.1 Å². The lowest BCUT2D eigenvalue weighted by molar-refractivity contribution is 0.102. The van der Waals surface area contributed by atoms with Crippen LogP contribution in [-0.4, -0.2) is 43.5 Å². The van der Waals surface area contributed by atoms with E-state index in [1.807, 2.05) is 18.2 Å². The van der Waals surface area contributed by atoms with Gasteiger partial charge < -0.3 is 20.1 Å². The number of hydrogen-bond donors (Lipinski definition) is 2. The van der Waals surface area contributed by atoms with Gasteiger partial charge in [-0.15, -0.1) is 0 Å². The lowest BCUT2D eigenvalue weighted by Crippen LogP contribution is -2.15. The SMILES string of the molecule is O=Cc1cc(OCCOCCNc2ccccn2)ccc1NC(=O)c1ccc(Cl)cc1Cl. The number of anilines is 2. The number of amides is 1. The average Bonchev–Trinajstić information content (AvgIpc) is 2.79. The summed E-state index contributed by atoms with van der Waals surface area (Å²) in [5.41, 5.74) is 0.879. The number of rotatable bonds is 11. The number of benzene rings is 2. The van der Waals surface area contributed by atoms with Gasteiger partial charge in [0.05, 0.1) is 29.5 Å². The van der Waals surface area contributed by atoms with E-state index in [4.69, 9.17) is 32.7 Å². The number of halogens is 2. The minimum atomic E-state index is -0.448. The smallest absolute Gasteiger partial charge is 0.257 e. The van der Waals surface area contributed by atoms with Crippen LogP contribution < -0.4 is 15.4 Å². The van der Waals surface area contributed by atoms with E-state index in [1.165, 1.54) is 12.1 Å². The molecule has 32 heavy (non-hydrogen) atoms. The fraction of sp³-hybridized carbons (Fsp3) is 0.174. The number of aromatic nitrogens is 1. The number of nitrogens with zero attached hydrogens (tertiary/aromatic N) is 1. The predicted octanol–water partition coefficient (Wildman–Crippen LogP) is 4.96.